The molecule has 11 heteroatoms. The maximum atomic E-state index is 13.4. The van der Waals surface area contributed by atoms with Gasteiger partial charge in [0.15, 0.2) is 11.1 Å². The Morgan fingerprint density at radius 3 is 2.68 bits per heavy atom. The lowest BCUT2D eigenvalue weighted by Gasteiger charge is -2.05. The quantitative estimate of drug-likeness (QED) is 0.324. The van der Waals surface area contributed by atoms with Crippen molar-refractivity contribution in [2.75, 3.05) is 0 Å². The van der Waals surface area contributed by atoms with Crippen LogP contribution in [0.5, 0.6) is 5.88 Å². The number of imidazole rings is 1. The van der Waals surface area contributed by atoms with Gasteiger partial charge in [-0.15, -0.1) is 0 Å². The van der Waals surface area contributed by atoms with Gasteiger partial charge in [-0.2, -0.15) is 5.10 Å². The fourth-order valence-corrected chi connectivity index (χ4v) is 4.78. The molecule has 3 heterocycles. The average Bonchev–Trinajstić information content (AvgIpc) is 3.36. The van der Waals surface area contributed by atoms with Crippen LogP contribution in [-0.4, -0.2) is 33.9 Å². The van der Waals surface area contributed by atoms with E-state index in [0.717, 1.165) is 5.56 Å². The van der Waals surface area contributed by atoms with Crippen molar-refractivity contribution < 1.29 is 9.32 Å². The molecule has 0 aliphatic rings. The van der Waals surface area contributed by atoms with Crippen molar-refractivity contribution in [3.8, 4) is 5.88 Å². The predicted molar refractivity (Wildman–Crippen MR) is 128 cm³/mol. The number of benzene rings is 2. The molecule has 0 radical (unpaired) electrons. The number of nitrogens with one attached hydrogen (secondary N) is 2. The van der Waals surface area contributed by atoms with Crippen LogP contribution in [0.25, 0.3) is 11.7 Å². The molecule has 5 aromatic rings. The predicted octanol–water partition coefficient (Wildman–Crippen LogP) is 2.19. The van der Waals surface area contributed by atoms with Crippen molar-refractivity contribution in [1.82, 2.24) is 24.6 Å². The number of hydrogen-bond donors (Lipinski definition) is 3. The summed E-state index contributed by atoms with van der Waals surface area (Å²) in [7, 11) is -1.47. The number of aromatic hydroxyl groups is 1. The summed E-state index contributed by atoms with van der Waals surface area (Å²) in [5.41, 5.74) is 1.80. The summed E-state index contributed by atoms with van der Waals surface area (Å²) in [6, 6.07) is 18.1. The second-order valence-corrected chi connectivity index (χ2v) is 9.18. The molecular formula is C23H17ClN6O3S. The van der Waals surface area contributed by atoms with Gasteiger partial charge in [-0.3, -0.25) is 9.19 Å². The first-order valence-electron chi connectivity index (χ1n) is 10.1. The Morgan fingerprint density at radius 1 is 1.12 bits per heavy atom. The Balaban J connectivity index is 1.71. The summed E-state index contributed by atoms with van der Waals surface area (Å²) < 4.78 is 14.8. The number of aromatic amines is 2. The number of nitrogens with zero attached hydrogens (tertiary/aromatic N) is 4. The molecule has 0 bridgehead atoms. The van der Waals surface area contributed by atoms with E-state index < -0.39 is 16.5 Å². The maximum Gasteiger partial charge on any atom is 0.326 e. The van der Waals surface area contributed by atoms with Gasteiger partial charge in [0.1, 0.15) is 10.7 Å². The molecule has 0 saturated heterocycles. The minimum absolute atomic E-state index is 0.172. The van der Waals surface area contributed by atoms with Gasteiger partial charge in [0, 0.05) is 16.3 Å². The number of halogens is 1. The van der Waals surface area contributed by atoms with Crippen molar-refractivity contribution in [1.29, 1.82) is 0 Å². The zero-order valence-corrected chi connectivity index (χ0v) is 19.0. The van der Waals surface area contributed by atoms with Gasteiger partial charge in [-0.25, -0.2) is 19.3 Å². The van der Waals surface area contributed by atoms with Crippen molar-refractivity contribution in [2.24, 2.45) is 4.99 Å². The molecule has 0 amide bonds. The molecule has 0 fully saturated rings. The summed E-state index contributed by atoms with van der Waals surface area (Å²) in [5, 5.41) is 15.7. The number of H-pyrrole nitrogens is 2. The van der Waals surface area contributed by atoms with E-state index in [9.17, 15) is 14.1 Å². The lowest BCUT2D eigenvalue weighted by atomic mass is 10.2. The van der Waals surface area contributed by atoms with Crippen LogP contribution >= 0.6 is 11.6 Å². The Bertz CT molecular complexity index is 1710. The van der Waals surface area contributed by atoms with Gasteiger partial charge in [0.05, 0.1) is 28.4 Å². The Morgan fingerprint density at radius 2 is 1.94 bits per heavy atom. The van der Waals surface area contributed by atoms with Crippen molar-refractivity contribution >= 4 is 39.8 Å². The fourth-order valence-electron chi connectivity index (χ4n) is 3.39. The number of hydrogen-bond acceptors (Lipinski definition) is 6. The van der Waals surface area contributed by atoms with E-state index in [1.54, 1.807) is 30.3 Å². The molecule has 3 aromatic heterocycles. The SMILES string of the molecule is O=c1[nH]c(O)c(/C=c2/cnn3c(S(=O)Cc4ccccc4)cc(=Nc4cccc(Cl)c4)nc23)[nH]1. The Hall–Kier alpha value is -4.02. The third kappa shape index (κ3) is 4.54. The summed E-state index contributed by atoms with van der Waals surface area (Å²) in [6.07, 6.45) is 3.04. The van der Waals surface area contributed by atoms with Gasteiger partial charge in [0.25, 0.3) is 0 Å². The number of aromatic nitrogens is 5. The van der Waals surface area contributed by atoms with Crippen LogP contribution in [-0.2, 0) is 16.6 Å². The third-order valence-corrected chi connectivity index (χ3v) is 6.50. The molecule has 0 aliphatic carbocycles. The van der Waals surface area contributed by atoms with Gasteiger partial charge in [-0.1, -0.05) is 48.0 Å². The molecule has 0 aliphatic heterocycles. The first kappa shape index (κ1) is 21.8. The second-order valence-electron chi connectivity index (χ2n) is 7.34. The molecule has 170 valence electrons. The zero-order valence-electron chi connectivity index (χ0n) is 17.5. The van der Waals surface area contributed by atoms with Crippen molar-refractivity contribution in [3.05, 3.63) is 104 Å². The third-order valence-electron chi connectivity index (χ3n) is 4.91. The standard InChI is InChI=1S/C23H17ClN6O3S/c24-16-7-4-8-17(10-16)26-19-11-20(34(33)13-14-5-2-1-3-6-14)30-21(28-19)15(12-25-30)9-18-22(31)29-23(32)27-18/h1-12,31H,13H2,(H2,27,29,32)/b15-9-,26-19?. The lowest BCUT2D eigenvalue weighted by Crippen LogP contribution is -2.18. The van der Waals surface area contributed by atoms with E-state index >= 15 is 0 Å². The van der Waals surface area contributed by atoms with Gasteiger partial charge in [-0.05, 0) is 29.8 Å². The van der Waals surface area contributed by atoms with E-state index in [4.69, 9.17) is 11.6 Å². The molecular weight excluding hydrogens is 476 g/mol. The summed E-state index contributed by atoms with van der Waals surface area (Å²) >= 11 is 6.09. The fraction of sp³-hybridized carbons (Fsp3) is 0.0435. The highest BCUT2D eigenvalue weighted by Gasteiger charge is 2.14. The molecule has 34 heavy (non-hydrogen) atoms. The Kier molecular flexibility index (Phi) is 5.83. The van der Waals surface area contributed by atoms with Crippen LogP contribution in [0.3, 0.4) is 0 Å². The number of rotatable bonds is 5. The van der Waals surface area contributed by atoms with Crippen LogP contribution in [0.1, 0.15) is 11.3 Å². The smallest absolute Gasteiger partial charge is 0.326 e. The first-order valence-corrected chi connectivity index (χ1v) is 11.8. The molecule has 9 nitrogen and oxygen atoms in total. The molecule has 1 unspecified atom stereocenters. The van der Waals surface area contributed by atoms with E-state index in [-0.39, 0.29) is 17.3 Å². The van der Waals surface area contributed by atoms with E-state index in [1.165, 1.54) is 16.8 Å². The minimum atomic E-state index is -1.47. The van der Waals surface area contributed by atoms with Crippen LogP contribution < -0.4 is 16.4 Å². The van der Waals surface area contributed by atoms with Crippen molar-refractivity contribution in [2.45, 2.75) is 10.8 Å². The van der Waals surface area contributed by atoms with Crippen molar-refractivity contribution in [3.63, 3.8) is 0 Å². The lowest BCUT2D eigenvalue weighted by molar-refractivity contribution is 0.454. The summed E-state index contributed by atoms with van der Waals surface area (Å²) in [5.74, 6) is -0.0292. The summed E-state index contributed by atoms with van der Waals surface area (Å²) in [4.78, 5) is 25.4. The van der Waals surface area contributed by atoms with Gasteiger partial charge < -0.3 is 10.1 Å². The maximum absolute atomic E-state index is 13.4. The molecule has 3 N–H and O–H groups in total. The topological polar surface area (TPSA) is 128 Å². The molecule has 0 spiro atoms. The highest BCUT2D eigenvalue weighted by molar-refractivity contribution is 7.84. The zero-order chi connectivity index (χ0) is 23.7. The van der Waals surface area contributed by atoms with E-state index in [1.807, 2.05) is 30.3 Å². The van der Waals surface area contributed by atoms with Crippen LogP contribution in [0, 0.1) is 0 Å². The van der Waals surface area contributed by atoms with Crippen LogP contribution in [0.4, 0.5) is 5.69 Å². The van der Waals surface area contributed by atoms with E-state index in [0.29, 0.717) is 32.1 Å². The van der Waals surface area contributed by atoms with E-state index in [2.05, 4.69) is 25.0 Å². The first-order chi connectivity index (χ1) is 16.5. The van der Waals surface area contributed by atoms with Gasteiger partial charge in [0.2, 0.25) is 5.88 Å². The average molecular weight is 493 g/mol. The summed E-state index contributed by atoms with van der Waals surface area (Å²) in [6.45, 7) is 0. The molecule has 1 atom stereocenters. The molecule has 2 aromatic carbocycles. The largest absolute Gasteiger partial charge is 0.493 e. The Labute approximate surface area is 199 Å². The van der Waals surface area contributed by atoms with Gasteiger partial charge >= 0.3 is 5.69 Å². The highest BCUT2D eigenvalue weighted by Crippen LogP contribution is 2.17. The monoisotopic (exact) mass is 492 g/mol. The molecule has 0 saturated carbocycles. The number of fused-ring (bicyclic) bond motifs is 1. The highest BCUT2D eigenvalue weighted by atomic mass is 35.5. The minimum Gasteiger partial charge on any atom is -0.493 e. The molecule has 5 rings (SSSR count). The second kappa shape index (κ2) is 9.08. The normalized spacial score (nSPS) is 13.6. The van der Waals surface area contributed by atoms with Crippen LogP contribution in [0.2, 0.25) is 5.02 Å². The van der Waals surface area contributed by atoms with Crippen LogP contribution in [0.15, 0.2) is 81.7 Å².